The van der Waals surface area contributed by atoms with E-state index in [0.717, 1.165) is 0 Å². The van der Waals surface area contributed by atoms with E-state index >= 15 is 0 Å². The molecule has 0 radical (unpaired) electrons. The monoisotopic (exact) mass is 504 g/mol. The maximum atomic E-state index is 12.0. The lowest BCUT2D eigenvalue weighted by Gasteiger charge is -2.10. The molecule has 1 aromatic rings. The molecule has 0 saturated carbocycles. The molecule has 0 aliphatic rings. The van der Waals surface area contributed by atoms with Crippen LogP contribution in [0.1, 0.15) is 38.3 Å². The Morgan fingerprint density at radius 2 is 1.71 bits per heavy atom. The molecule has 196 valence electrons. The molecule has 16 heteroatoms. The van der Waals surface area contributed by atoms with Gasteiger partial charge in [0.25, 0.3) is 0 Å². The summed E-state index contributed by atoms with van der Waals surface area (Å²) in [5.41, 5.74) is 0.610. The first-order valence-electron chi connectivity index (χ1n) is 10.4. The van der Waals surface area contributed by atoms with Gasteiger partial charge in [-0.2, -0.15) is 0 Å². The summed E-state index contributed by atoms with van der Waals surface area (Å²) in [5, 5.41) is 39.5. The van der Waals surface area contributed by atoms with E-state index in [1.54, 1.807) is 6.20 Å². The number of hydrogen-bond donors (Lipinski definition) is 6. The van der Waals surface area contributed by atoms with E-state index in [0.29, 0.717) is 18.5 Å². The molecule has 15 nitrogen and oxygen atoms in total. The second-order valence-corrected chi connectivity index (χ2v) is 6.99. The van der Waals surface area contributed by atoms with Crippen LogP contribution in [0, 0.1) is 0 Å². The molecule has 1 rings (SSSR count). The summed E-state index contributed by atoms with van der Waals surface area (Å²) in [6.07, 6.45) is 1.98. The molecule has 1 aromatic heterocycles. The summed E-state index contributed by atoms with van der Waals surface area (Å²) in [6.45, 7) is 0.328. The van der Waals surface area contributed by atoms with Crippen LogP contribution in [0.4, 0.5) is 4.39 Å². The van der Waals surface area contributed by atoms with Gasteiger partial charge in [0.05, 0.1) is 12.4 Å². The Labute approximate surface area is 199 Å². The summed E-state index contributed by atoms with van der Waals surface area (Å²) in [7, 11) is 0. The molecule has 0 aliphatic carbocycles. The normalized spacial score (nSPS) is 10.8. The predicted octanol–water partition coefficient (Wildman–Crippen LogP) is -1.67. The molecule has 1 unspecified atom stereocenters. The molecule has 0 aliphatic heterocycles. The van der Waals surface area contributed by atoms with Crippen molar-refractivity contribution in [1.82, 2.24) is 30.9 Å². The first-order chi connectivity index (χ1) is 16.4. The van der Waals surface area contributed by atoms with Gasteiger partial charge < -0.3 is 31.3 Å². The largest absolute Gasteiger partial charge is 0.481 e. The average molecular weight is 504 g/mol. The summed E-state index contributed by atoms with van der Waals surface area (Å²) in [5.74, 6) is -4.75. The minimum absolute atomic E-state index is 0.0157. The van der Waals surface area contributed by atoms with Crippen LogP contribution >= 0.6 is 0 Å². The molecule has 1 heterocycles. The van der Waals surface area contributed by atoms with E-state index in [-0.39, 0.29) is 38.3 Å². The van der Waals surface area contributed by atoms with Crippen LogP contribution in [0.25, 0.3) is 0 Å². The Morgan fingerprint density at radius 3 is 2.26 bits per heavy atom. The second kappa shape index (κ2) is 17.4. The van der Waals surface area contributed by atoms with Gasteiger partial charge in [-0.3, -0.25) is 28.4 Å². The fourth-order valence-electron chi connectivity index (χ4n) is 2.33. The molecule has 3 amide bonds. The Balaban J connectivity index is 0.000000761. The van der Waals surface area contributed by atoms with Gasteiger partial charge in [-0.15, -0.1) is 5.10 Å². The third-order valence-electron chi connectivity index (χ3n) is 3.89. The summed E-state index contributed by atoms with van der Waals surface area (Å²) >= 11 is 0. The van der Waals surface area contributed by atoms with Crippen LogP contribution in [-0.4, -0.2) is 91.7 Å². The topological polar surface area (TPSA) is 230 Å². The highest BCUT2D eigenvalue weighted by atomic mass is 19.1. The molecule has 35 heavy (non-hydrogen) atoms. The lowest BCUT2D eigenvalue weighted by Crippen LogP contribution is -2.39. The summed E-state index contributed by atoms with van der Waals surface area (Å²) < 4.78 is 13.3. The highest BCUT2D eigenvalue weighted by Gasteiger charge is 2.18. The van der Waals surface area contributed by atoms with Gasteiger partial charge in [0.15, 0.2) is 0 Å². The second-order valence-electron chi connectivity index (χ2n) is 6.99. The van der Waals surface area contributed by atoms with E-state index in [1.165, 1.54) is 11.6 Å². The molecular formula is C19H29FN6O9. The van der Waals surface area contributed by atoms with E-state index in [1.807, 2.05) is 0 Å². The van der Waals surface area contributed by atoms with Crippen molar-refractivity contribution < 1.29 is 48.5 Å². The minimum Gasteiger partial charge on any atom is -0.481 e. The quantitative estimate of drug-likeness (QED) is 0.158. The zero-order chi connectivity index (χ0) is 26.8. The Hall–Kier alpha value is -4.11. The van der Waals surface area contributed by atoms with Crippen molar-refractivity contribution in [3.05, 3.63) is 11.9 Å². The zero-order valence-corrected chi connectivity index (χ0v) is 19.0. The number of rotatable bonds is 15. The molecule has 6 N–H and O–H groups in total. The number of amides is 3. The number of aryl methyl sites for hydroxylation is 1. The number of aliphatic carboxylic acids is 3. The van der Waals surface area contributed by atoms with Crippen molar-refractivity contribution >= 4 is 35.6 Å². The number of alkyl halides is 1. The first kappa shape index (κ1) is 30.9. The maximum Gasteiger partial charge on any atom is 0.326 e. The number of halogens is 1. The van der Waals surface area contributed by atoms with Crippen LogP contribution < -0.4 is 16.0 Å². The summed E-state index contributed by atoms with van der Waals surface area (Å²) in [6, 6.07) is -1.12. The van der Waals surface area contributed by atoms with Gasteiger partial charge in [-0.05, 0) is 19.3 Å². The van der Waals surface area contributed by atoms with Crippen LogP contribution in [0.2, 0.25) is 0 Å². The fraction of sp³-hybridized carbons (Fsp3) is 0.579. The van der Waals surface area contributed by atoms with Gasteiger partial charge in [0, 0.05) is 32.5 Å². The number of aromatic nitrogens is 3. The molecule has 0 aromatic carbocycles. The van der Waals surface area contributed by atoms with E-state index in [4.69, 9.17) is 15.3 Å². The number of carboxylic acid groups (broad SMARTS) is 3. The predicted molar refractivity (Wildman–Crippen MR) is 115 cm³/mol. The first-order valence-corrected chi connectivity index (χ1v) is 10.4. The standard InChI is InChI=1S/C12H18FN5O4.C7H11NO5/c13-4-1-2-9-7-18(17-16-9)8-11(20)14-5-3-10(19)15-6-12(21)22;1-4(9)8-5(7(12)13)2-3-6(10)11/h7H,1-6,8H2,(H,14,20)(H,15,19)(H,21,22);5H,2-3H2,1H3,(H,8,9)(H,10,11)(H,12,13). The highest BCUT2D eigenvalue weighted by molar-refractivity contribution is 5.83. The lowest BCUT2D eigenvalue weighted by atomic mass is 10.1. The highest BCUT2D eigenvalue weighted by Crippen LogP contribution is 1.99. The molecule has 0 bridgehead atoms. The van der Waals surface area contributed by atoms with Crippen molar-refractivity contribution in [2.24, 2.45) is 0 Å². The number of carboxylic acids is 3. The Kier molecular flexibility index (Phi) is 15.3. The molecule has 0 spiro atoms. The van der Waals surface area contributed by atoms with Crippen molar-refractivity contribution in [2.45, 2.75) is 51.6 Å². The SMILES string of the molecule is CC(=O)NC(CCC(=O)O)C(=O)O.O=C(O)CNC(=O)CCNC(=O)Cn1cc(CCCF)nn1. The molecule has 1 atom stereocenters. The minimum atomic E-state index is -1.23. The van der Waals surface area contributed by atoms with Crippen molar-refractivity contribution in [3.8, 4) is 0 Å². The van der Waals surface area contributed by atoms with Crippen molar-refractivity contribution in [1.29, 1.82) is 0 Å². The van der Waals surface area contributed by atoms with Crippen LogP contribution in [0.3, 0.4) is 0 Å². The number of carbonyl (C=O) groups excluding carboxylic acids is 3. The van der Waals surface area contributed by atoms with Gasteiger partial charge in [0.1, 0.15) is 19.1 Å². The van der Waals surface area contributed by atoms with E-state index in [9.17, 15) is 33.2 Å². The maximum absolute atomic E-state index is 12.0. The van der Waals surface area contributed by atoms with Crippen LogP contribution in [0.5, 0.6) is 0 Å². The number of carbonyl (C=O) groups is 6. The van der Waals surface area contributed by atoms with Crippen LogP contribution in [0.15, 0.2) is 6.20 Å². The smallest absolute Gasteiger partial charge is 0.326 e. The molecular weight excluding hydrogens is 475 g/mol. The van der Waals surface area contributed by atoms with Gasteiger partial charge in [-0.1, -0.05) is 5.21 Å². The van der Waals surface area contributed by atoms with E-state index in [2.05, 4.69) is 26.3 Å². The van der Waals surface area contributed by atoms with E-state index < -0.39 is 49.0 Å². The lowest BCUT2D eigenvalue weighted by molar-refractivity contribution is -0.143. The Morgan fingerprint density at radius 1 is 1.03 bits per heavy atom. The van der Waals surface area contributed by atoms with Gasteiger partial charge >= 0.3 is 17.9 Å². The number of nitrogens with one attached hydrogen (secondary N) is 3. The number of nitrogens with zero attached hydrogens (tertiary/aromatic N) is 3. The van der Waals surface area contributed by atoms with Crippen molar-refractivity contribution in [2.75, 3.05) is 19.8 Å². The summed E-state index contributed by atoms with van der Waals surface area (Å²) in [4.78, 5) is 64.1. The third-order valence-corrected chi connectivity index (χ3v) is 3.89. The molecule has 0 fully saturated rings. The van der Waals surface area contributed by atoms with Gasteiger partial charge in [-0.25, -0.2) is 9.48 Å². The Bertz CT molecular complexity index is 877. The molecule has 0 saturated heterocycles. The van der Waals surface area contributed by atoms with Gasteiger partial charge in [0.2, 0.25) is 17.7 Å². The van der Waals surface area contributed by atoms with Crippen LogP contribution in [-0.2, 0) is 41.7 Å². The zero-order valence-electron chi connectivity index (χ0n) is 19.0. The fourth-order valence-corrected chi connectivity index (χ4v) is 2.33. The number of hydrogen-bond acceptors (Lipinski definition) is 8. The third kappa shape index (κ3) is 17.1. The average Bonchev–Trinajstić information content (AvgIpc) is 3.20. The van der Waals surface area contributed by atoms with Crippen molar-refractivity contribution in [3.63, 3.8) is 0 Å².